The first-order valence-corrected chi connectivity index (χ1v) is 8.20. The molecule has 1 aromatic carbocycles. The molecule has 0 aliphatic carbocycles. The molecular formula is C18H26ClNO4. The predicted molar refractivity (Wildman–Crippen MR) is 93.8 cm³/mol. The molecule has 0 fully saturated rings. The van der Waals surface area contributed by atoms with Crippen molar-refractivity contribution in [3.05, 3.63) is 34.9 Å². The number of methoxy groups -OCH3 is 2. The van der Waals surface area contributed by atoms with Crippen LogP contribution >= 0.6 is 11.6 Å². The molecule has 0 saturated heterocycles. The van der Waals surface area contributed by atoms with E-state index in [9.17, 15) is 9.59 Å². The van der Waals surface area contributed by atoms with Crippen LogP contribution in [0.15, 0.2) is 24.3 Å². The zero-order valence-corrected chi connectivity index (χ0v) is 15.8. The highest BCUT2D eigenvalue weighted by molar-refractivity contribution is 6.30. The summed E-state index contributed by atoms with van der Waals surface area (Å²) in [5.41, 5.74) is -0.0617. The number of halogens is 1. The Morgan fingerprint density at radius 2 is 1.62 bits per heavy atom. The fraction of sp³-hybridized carbons (Fsp3) is 0.556. The number of hydrogen-bond acceptors (Lipinski definition) is 5. The van der Waals surface area contributed by atoms with Crippen molar-refractivity contribution in [3.63, 3.8) is 0 Å². The lowest BCUT2D eigenvalue weighted by molar-refractivity contribution is -0.154. The third-order valence-electron chi connectivity index (χ3n) is 4.10. The van der Waals surface area contributed by atoms with Crippen LogP contribution in [0.2, 0.25) is 5.02 Å². The second-order valence-corrected chi connectivity index (χ2v) is 7.05. The van der Waals surface area contributed by atoms with Gasteiger partial charge in [0.05, 0.1) is 19.6 Å². The van der Waals surface area contributed by atoms with Gasteiger partial charge in [-0.2, -0.15) is 0 Å². The Labute approximate surface area is 148 Å². The summed E-state index contributed by atoms with van der Waals surface area (Å²) in [5.74, 6) is -0.757. The van der Waals surface area contributed by atoms with Gasteiger partial charge >= 0.3 is 11.9 Å². The van der Waals surface area contributed by atoms with E-state index in [0.717, 1.165) is 5.56 Å². The van der Waals surface area contributed by atoms with Gasteiger partial charge in [-0.3, -0.25) is 14.9 Å². The Kier molecular flexibility index (Phi) is 7.24. The van der Waals surface area contributed by atoms with Crippen LogP contribution in [-0.4, -0.2) is 32.2 Å². The summed E-state index contributed by atoms with van der Waals surface area (Å²) in [6.45, 7) is 7.39. The van der Waals surface area contributed by atoms with Gasteiger partial charge in [0.2, 0.25) is 0 Å². The molecule has 1 rings (SSSR count). The van der Waals surface area contributed by atoms with E-state index >= 15 is 0 Å². The first kappa shape index (κ1) is 20.5. The van der Waals surface area contributed by atoms with E-state index in [1.807, 2.05) is 26.0 Å². The molecule has 0 bridgehead atoms. The monoisotopic (exact) mass is 355 g/mol. The summed E-state index contributed by atoms with van der Waals surface area (Å²) in [6.07, 6.45) is 0. The van der Waals surface area contributed by atoms with Crippen molar-refractivity contribution < 1.29 is 19.1 Å². The molecule has 0 amide bonds. The van der Waals surface area contributed by atoms with Crippen molar-refractivity contribution in [3.8, 4) is 0 Å². The fourth-order valence-corrected chi connectivity index (χ4v) is 2.72. The second-order valence-electron chi connectivity index (χ2n) is 6.61. The minimum absolute atomic E-state index is 0.0132. The van der Waals surface area contributed by atoms with E-state index in [-0.39, 0.29) is 17.9 Å². The van der Waals surface area contributed by atoms with Gasteiger partial charge in [-0.15, -0.1) is 0 Å². The molecule has 134 valence electrons. The van der Waals surface area contributed by atoms with Gasteiger partial charge in [-0.05, 0) is 37.5 Å². The molecule has 1 N–H and O–H groups in total. The van der Waals surface area contributed by atoms with E-state index in [4.69, 9.17) is 21.1 Å². The number of ether oxygens (including phenoxy) is 2. The van der Waals surface area contributed by atoms with Gasteiger partial charge in [-0.1, -0.05) is 37.6 Å². The maximum atomic E-state index is 12.3. The molecule has 0 heterocycles. The van der Waals surface area contributed by atoms with E-state index in [0.29, 0.717) is 5.02 Å². The Balaban J connectivity index is 3.29. The Morgan fingerprint density at radius 1 is 1.08 bits per heavy atom. The van der Waals surface area contributed by atoms with Crippen LogP contribution < -0.4 is 5.32 Å². The van der Waals surface area contributed by atoms with Crippen LogP contribution in [-0.2, 0) is 19.1 Å². The van der Waals surface area contributed by atoms with Crippen molar-refractivity contribution in [1.29, 1.82) is 0 Å². The number of hydrogen-bond donors (Lipinski definition) is 1. The number of esters is 2. The number of nitrogens with one attached hydrogen (secondary N) is 1. The molecule has 0 radical (unpaired) electrons. The lowest BCUT2D eigenvalue weighted by atomic mass is 9.79. The summed E-state index contributed by atoms with van der Waals surface area (Å²) < 4.78 is 9.84. The van der Waals surface area contributed by atoms with Crippen LogP contribution in [0, 0.1) is 11.3 Å². The second kappa shape index (κ2) is 8.49. The predicted octanol–water partition coefficient (Wildman–Crippen LogP) is 3.37. The highest BCUT2D eigenvalue weighted by Gasteiger charge is 2.41. The first-order chi connectivity index (χ1) is 11.1. The molecule has 2 atom stereocenters. The molecule has 0 aromatic heterocycles. The highest BCUT2D eigenvalue weighted by atomic mass is 35.5. The maximum absolute atomic E-state index is 12.3. The van der Waals surface area contributed by atoms with Crippen LogP contribution in [0.3, 0.4) is 0 Å². The number of carbonyl (C=O) groups is 2. The average Bonchev–Trinajstić information content (AvgIpc) is 2.54. The molecule has 0 aliphatic rings. The van der Waals surface area contributed by atoms with Crippen LogP contribution in [0.5, 0.6) is 0 Å². The van der Waals surface area contributed by atoms with Gasteiger partial charge < -0.3 is 9.47 Å². The van der Waals surface area contributed by atoms with Gasteiger partial charge in [-0.25, -0.2) is 0 Å². The van der Waals surface area contributed by atoms with Crippen molar-refractivity contribution in [2.75, 3.05) is 14.2 Å². The Bertz CT molecular complexity index is 569. The first-order valence-electron chi connectivity index (χ1n) is 7.82. The van der Waals surface area contributed by atoms with Gasteiger partial charge in [0.1, 0.15) is 6.04 Å². The maximum Gasteiger partial charge on any atom is 0.323 e. The minimum atomic E-state index is -0.899. The third kappa shape index (κ3) is 4.71. The topological polar surface area (TPSA) is 64.6 Å². The molecule has 6 heteroatoms. The zero-order chi connectivity index (χ0) is 18.5. The smallest absolute Gasteiger partial charge is 0.323 e. The van der Waals surface area contributed by atoms with Crippen molar-refractivity contribution in [1.82, 2.24) is 5.32 Å². The molecule has 0 spiro atoms. The van der Waals surface area contributed by atoms with Crippen molar-refractivity contribution in [2.24, 2.45) is 11.3 Å². The van der Waals surface area contributed by atoms with E-state index in [1.54, 1.807) is 26.0 Å². The molecule has 1 aromatic rings. The van der Waals surface area contributed by atoms with E-state index in [2.05, 4.69) is 5.32 Å². The van der Waals surface area contributed by atoms with Gasteiger partial charge in [0.15, 0.2) is 0 Å². The van der Waals surface area contributed by atoms with E-state index in [1.165, 1.54) is 14.2 Å². The molecule has 24 heavy (non-hydrogen) atoms. The summed E-state index contributed by atoms with van der Waals surface area (Å²) in [7, 11) is 2.70. The summed E-state index contributed by atoms with van der Waals surface area (Å²) in [5, 5.41) is 3.88. The minimum Gasteiger partial charge on any atom is -0.469 e. The highest BCUT2D eigenvalue weighted by Crippen LogP contribution is 2.36. The van der Waals surface area contributed by atoms with Gasteiger partial charge in [0.25, 0.3) is 0 Å². The summed E-state index contributed by atoms with van der Waals surface area (Å²) in [6, 6.07) is 6.16. The lowest BCUT2D eigenvalue weighted by Crippen LogP contribution is -2.49. The quantitative estimate of drug-likeness (QED) is 0.760. The van der Waals surface area contributed by atoms with Crippen LogP contribution in [0.4, 0.5) is 0 Å². The van der Waals surface area contributed by atoms with Crippen molar-refractivity contribution in [2.45, 2.75) is 39.8 Å². The summed E-state index contributed by atoms with van der Waals surface area (Å²) in [4.78, 5) is 24.4. The molecule has 0 aliphatic heterocycles. The Hall–Kier alpha value is -1.59. The molecule has 1 unspecified atom stereocenters. The molecular weight excluding hydrogens is 330 g/mol. The fourth-order valence-electron chi connectivity index (χ4n) is 2.60. The molecule has 5 nitrogen and oxygen atoms in total. The number of benzene rings is 1. The standard InChI is InChI=1S/C18H26ClNO4/c1-11(2)14(16(21)23-5)20-15(18(3,4)17(22)24-6)12-7-9-13(19)10-8-12/h7-11,14-15,20H,1-6H3/t14-,15?/m0/s1. The summed E-state index contributed by atoms with van der Waals surface area (Å²) >= 11 is 5.96. The number of carbonyl (C=O) groups excluding carboxylic acids is 2. The van der Waals surface area contributed by atoms with Gasteiger partial charge in [0, 0.05) is 11.1 Å². The van der Waals surface area contributed by atoms with Crippen molar-refractivity contribution >= 4 is 23.5 Å². The zero-order valence-electron chi connectivity index (χ0n) is 15.1. The third-order valence-corrected chi connectivity index (χ3v) is 4.36. The van der Waals surface area contributed by atoms with Crippen LogP contribution in [0.1, 0.15) is 39.3 Å². The number of rotatable bonds is 7. The SMILES string of the molecule is COC(=O)[C@@H](NC(c1ccc(Cl)cc1)C(C)(C)C(=O)OC)C(C)C. The van der Waals surface area contributed by atoms with Crippen LogP contribution in [0.25, 0.3) is 0 Å². The average molecular weight is 356 g/mol. The molecule has 0 saturated carbocycles. The largest absolute Gasteiger partial charge is 0.469 e. The normalized spacial score (nSPS) is 14.2. The Morgan fingerprint density at radius 3 is 2.04 bits per heavy atom. The van der Waals surface area contributed by atoms with E-state index < -0.39 is 17.5 Å². The lowest BCUT2D eigenvalue weighted by Gasteiger charge is -2.36.